The van der Waals surface area contributed by atoms with Crippen LogP contribution in [0, 0.1) is 11.3 Å². The van der Waals surface area contributed by atoms with Crippen LogP contribution in [0.5, 0.6) is 0 Å². The zero-order valence-electron chi connectivity index (χ0n) is 9.18. The zero-order chi connectivity index (χ0) is 10.4. The first-order valence-corrected chi connectivity index (χ1v) is 6.60. The van der Waals surface area contributed by atoms with E-state index in [0.29, 0.717) is 17.2 Å². The molecule has 0 spiro atoms. The molecule has 14 heavy (non-hydrogen) atoms. The summed E-state index contributed by atoms with van der Waals surface area (Å²) in [5.41, 5.74) is 0. The summed E-state index contributed by atoms with van der Waals surface area (Å²) in [4.78, 5) is 0. The van der Waals surface area contributed by atoms with Crippen LogP contribution in [-0.2, 0) is 0 Å². The van der Waals surface area contributed by atoms with Crippen molar-refractivity contribution in [3.05, 3.63) is 0 Å². The lowest BCUT2D eigenvalue weighted by Gasteiger charge is -2.28. The van der Waals surface area contributed by atoms with Gasteiger partial charge in [0.2, 0.25) is 0 Å². The van der Waals surface area contributed by atoms with Crippen molar-refractivity contribution in [2.45, 2.75) is 49.8 Å². The van der Waals surface area contributed by atoms with Crippen LogP contribution in [0.25, 0.3) is 0 Å². The lowest BCUT2D eigenvalue weighted by atomic mass is 10.1. The fourth-order valence-electron chi connectivity index (χ4n) is 2.04. The van der Waals surface area contributed by atoms with Gasteiger partial charge in [-0.25, -0.2) is 0 Å². The van der Waals surface area contributed by atoms with Gasteiger partial charge >= 0.3 is 0 Å². The Hall–Kier alpha value is -0.200. The van der Waals surface area contributed by atoms with Crippen LogP contribution in [0.15, 0.2) is 0 Å². The van der Waals surface area contributed by atoms with Crippen LogP contribution < -0.4 is 5.32 Å². The van der Waals surface area contributed by atoms with Gasteiger partial charge in [-0.2, -0.15) is 17.0 Å². The minimum absolute atomic E-state index is 0.338. The van der Waals surface area contributed by atoms with Crippen molar-refractivity contribution in [3.63, 3.8) is 0 Å². The Balaban J connectivity index is 2.31. The van der Waals surface area contributed by atoms with Crippen LogP contribution in [0.4, 0.5) is 0 Å². The van der Waals surface area contributed by atoms with E-state index in [0.717, 1.165) is 6.54 Å². The zero-order valence-corrected chi connectivity index (χ0v) is 9.99. The smallest absolute Gasteiger partial charge is 0.0638 e. The summed E-state index contributed by atoms with van der Waals surface area (Å²) in [5, 5.41) is 12.0. The number of hydrogen-bond donors (Lipinski definition) is 1. The van der Waals surface area contributed by atoms with Crippen molar-refractivity contribution in [2.24, 2.45) is 0 Å². The molecule has 0 heterocycles. The molecule has 1 rings (SSSR count). The van der Waals surface area contributed by atoms with Crippen LogP contribution in [0.2, 0.25) is 0 Å². The van der Waals surface area contributed by atoms with E-state index >= 15 is 0 Å². The molecule has 1 fully saturated rings. The van der Waals surface area contributed by atoms with Crippen molar-refractivity contribution >= 4 is 11.8 Å². The van der Waals surface area contributed by atoms with E-state index in [1.54, 1.807) is 0 Å². The molecule has 0 amide bonds. The fourth-order valence-corrected chi connectivity index (χ4v) is 2.97. The monoisotopic (exact) mass is 212 g/mol. The standard InChI is InChI=1S/C11H20N2S/c1-10(5-8-12)13-9-11(14-2)6-3-4-7-11/h10,13H,3-7,9H2,1-2H3. The molecule has 0 radical (unpaired) electrons. The van der Waals surface area contributed by atoms with Gasteiger partial charge in [-0.05, 0) is 26.0 Å². The Morgan fingerprint density at radius 2 is 2.14 bits per heavy atom. The number of rotatable bonds is 5. The largest absolute Gasteiger partial charge is 0.312 e. The highest BCUT2D eigenvalue weighted by molar-refractivity contribution is 8.00. The van der Waals surface area contributed by atoms with Gasteiger partial charge < -0.3 is 5.32 Å². The summed E-state index contributed by atoms with van der Waals surface area (Å²) in [5.74, 6) is 0. The second kappa shape index (κ2) is 5.63. The summed E-state index contributed by atoms with van der Waals surface area (Å²) < 4.78 is 0.462. The van der Waals surface area contributed by atoms with Gasteiger partial charge in [-0.15, -0.1) is 0 Å². The maximum atomic E-state index is 8.55. The molecule has 0 aromatic heterocycles. The molecule has 80 valence electrons. The van der Waals surface area contributed by atoms with E-state index < -0.39 is 0 Å². The number of nitrogens with zero attached hydrogens (tertiary/aromatic N) is 1. The summed E-state index contributed by atoms with van der Waals surface area (Å²) in [6.07, 6.45) is 8.23. The van der Waals surface area contributed by atoms with Crippen molar-refractivity contribution in [3.8, 4) is 6.07 Å². The van der Waals surface area contributed by atoms with Crippen LogP contribution in [0.1, 0.15) is 39.0 Å². The van der Waals surface area contributed by atoms with Crippen LogP contribution in [-0.4, -0.2) is 23.6 Å². The van der Waals surface area contributed by atoms with Gasteiger partial charge in [-0.1, -0.05) is 12.8 Å². The maximum absolute atomic E-state index is 8.55. The average Bonchev–Trinajstić information content (AvgIpc) is 2.65. The summed E-state index contributed by atoms with van der Waals surface area (Å²) >= 11 is 1.99. The molecular formula is C11H20N2S. The lowest BCUT2D eigenvalue weighted by Crippen LogP contribution is -2.39. The molecule has 1 saturated carbocycles. The Labute approximate surface area is 91.4 Å². The minimum atomic E-state index is 0.338. The van der Waals surface area contributed by atoms with Gasteiger partial charge in [0.15, 0.2) is 0 Å². The molecule has 0 aliphatic heterocycles. The quantitative estimate of drug-likeness (QED) is 0.761. The predicted octanol–water partition coefficient (Wildman–Crippen LogP) is 2.55. The molecule has 0 bridgehead atoms. The Morgan fingerprint density at radius 3 is 2.64 bits per heavy atom. The third-order valence-corrected chi connectivity index (χ3v) is 4.54. The number of thioether (sulfide) groups is 1. The van der Waals surface area contributed by atoms with Crippen molar-refractivity contribution in [1.29, 1.82) is 5.26 Å². The molecule has 3 heteroatoms. The van der Waals surface area contributed by atoms with Crippen molar-refractivity contribution in [1.82, 2.24) is 5.32 Å². The fraction of sp³-hybridized carbons (Fsp3) is 0.909. The molecule has 1 N–H and O–H groups in total. The first-order valence-electron chi connectivity index (χ1n) is 5.38. The minimum Gasteiger partial charge on any atom is -0.312 e. The highest BCUT2D eigenvalue weighted by Crippen LogP contribution is 2.39. The van der Waals surface area contributed by atoms with E-state index in [-0.39, 0.29) is 0 Å². The highest BCUT2D eigenvalue weighted by Gasteiger charge is 2.32. The first kappa shape index (κ1) is 11.9. The molecular weight excluding hydrogens is 192 g/mol. The van der Waals surface area contributed by atoms with Gasteiger partial charge in [0.1, 0.15) is 0 Å². The van der Waals surface area contributed by atoms with Gasteiger partial charge in [0, 0.05) is 17.3 Å². The molecule has 1 aliphatic rings. The second-order valence-electron chi connectivity index (χ2n) is 4.24. The summed E-state index contributed by atoms with van der Waals surface area (Å²) in [6.45, 7) is 3.16. The van der Waals surface area contributed by atoms with Crippen LogP contribution >= 0.6 is 11.8 Å². The predicted molar refractivity (Wildman–Crippen MR) is 62.4 cm³/mol. The van der Waals surface area contributed by atoms with Gasteiger partial charge in [-0.3, -0.25) is 0 Å². The third kappa shape index (κ3) is 3.18. The van der Waals surface area contributed by atoms with Crippen molar-refractivity contribution < 1.29 is 0 Å². The molecule has 0 saturated heterocycles. The Morgan fingerprint density at radius 1 is 1.50 bits per heavy atom. The summed E-state index contributed by atoms with van der Waals surface area (Å²) in [7, 11) is 0. The molecule has 1 atom stereocenters. The number of nitriles is 1. The van der Waals surface area contributed by atoms with E-state index in [9.17, 15) is 0 Å². The second-order valence-corrected chi connectivity index (χ2v) is 5.51. The van der Waals surface area contributed by atoms with Crippen LogP contribution in [0.3, 0.4) is 0 Å². The maximum Gasteiger partial charge on any atom is 0.0638 e. The van der Waals surface area contributed by atoms with Gasteiger partial charge in [0.25, 0.3) is 0 Å². The molecule has 2 nitrogen and oxygen atoms in total. The van der Waals surface area contributed by atoms with E-state index in [1.807, 2.05) is 11.8 Å². The molecule has 1 unspecified atom stereocenters. The van der Waals surface area contributed by atoms with Crippen molar-refractivity contribution in [2.75, 3.05) is 12.8 Å². The number of hydrogen-bond acceptors (Lipinski definition) is 3. The normalized spacial score (nSPS) is 21.8. The topological polar surface area (TPSA) is 35.8 Å². The molecule has 0 aromatic carbocycles. The first-order chi connectivity index (χ1) is 6.72. The van der Waals surface area contributed by atoms with E-state index in [1.165, 1.54) is 25.7 Å². The summed E-state index contributed by atoms with van der Waals surface area (Å²) in [6, 6.07) is 2.54. The molecule has 1 aliphatic carbocycles. The highest BCUT2D eigenvalue weighted by atomic mass is 32.2. The lowest BCUT2D eigenvalue weighted by molar-refractivity contribution is 0.480. The number of nitrogens with one attached hydrogen (secondary N) is 1. The molecule has 0 aromatic rings. The average molecular weight is 212 g/mol. The van der Waals surface area contributed by atoms with Gasteiger partial charge in [0.05, 0.1) is 12.5 Å². The Kier molecular flexibility index (Phi) is 4.77. The third-order valence-electron chi connectivity index (χ3n) is 3.12. The Bertz CT molecular complexity index is 204. The SMILES string of the molecule is CSC1(CNC(C)CC#N)CCCC1. The van der Waals surface area contributed by atoms with E-state index in [4.69, 9.17) is 5.26 Å². The van der Waals surface area contributed by atoms with E-state index in [2.05, 4.69) is 24.6 Å².